The van der Waals surface area contributed by atoms with Crippen LogP contribution < -0.4 is 5.32 Å². The van der Waals surface area contributed by atoms with Gasteiger partial charge in [-0.15, -0.1) is 0 Å². The fraction of sp³-hybridized carbons (Fsp3) is 0.857. The zero-order chi connectivity index (χ0) is 20.2. The largest absolute Gasteiger partial charge is 0.394 e. The molecule has 0 radical (unpaired) electrons. The van der Waals surface area contributed by atoms with Crippen LogP contribution in [0.25, 0.3) is 0 Å². The molecule has 9 N–H and O–H groups in total. The number of rotatable bonds is 8. The number of nitrogens with one attached hydrogen (secondary N) is 1. The molecule has 0 aromatic rings. The fourth-order valence-corrected chi connectivity index (χ4v) is 2.59. The number of hydrogen-bond acceptors (Lipinski definition) is 11. The molecule has 0 bridgehead atoms. The Balaban J connectivity index is 3.09. The van der Waals surface area contributed by atoms with Gasteiger partial charge < -0.3 is 50.9 Å². The molecule has 152 valence electrons. The van der Waals surface area contributed by atoms with Crippen LogP contribution in [-0.2, 0) is 14.3 Å². The van der Waals surface area contributed by atoms with Crippen molar-refractivity contribution in [3.63, 3.8) is 0 Å². The first-order valence-corrected chi connectivity index (χ1v) is 7.83. The first-order chi connectivity index (χ1) is 12.1. The van der Waals surface area contributed by atoms with Crippen molar-refractivity contribution in [1.82, 2.24) is 5.32 Å². The Labute approximate surface area is 148 Å². The Kier molecular flexibility index (Phi) is 8.46. The van der Waals surface area contributed by atoms with E-state index in [9.17, 15) is 40.2 Å². The molecular weight excluding hydrogens is 358 g/mol. The second-order valence-electron chi connectivity index (χ2n) is 6.06. The Morgan fingerprint density at radius 2 is 1.58 bits per heavy atom. The summed E-state index contributed by atoms with van der Waals surface area (Å²) in [5.41, 5.74) is 0. The second-order valence-corrected chi connectivity index (χ2v) is 6.06. The van der Waals surface area contributed by atoms with Gasteiger partial charge in [-0.2, -0.15) is 0 Å². The predicted octanol–water partition coefficient (Wildman–Crippen LogP) is -6.02. The Morgan fingerprint density at radius 1 is 1.00 bits per heavy atom. The number of Topliss-reactive ketones (excluding diaryl/α,β-unsaturated/α-hetero) is 1. The number of aliphatic hydroxyl groups excluding tert-OH is 8. The highest BCUT2D eigenvalue weighted by Crippen LogP contribution is 2.23. The average Bonchev–Trinajstić information content (AvgIpc) is 2.61. The third kappa shape index (κ3) is 4.94. The van der Waals surface area contributed by atoms with Gasteiger partial charge in [-0.1, -0.05) is 0 Å². The summed E-state index contributed by atoms with van der Waals surface area (Å²) >= 11 is 0. The summed E-state index contributed by atoms with van der Waals surface area (Å²) in [7, 11) is 0. The van der Waals surface area contributed by atoms with Gasteiger partial charge in [0.2, 0.25) is 5.91 Å². The van der Waals surface area contributed by atoms with Crippen molar-refractivity contribution in [3.05, 3.63) is 0 Å². The van der Waals surface area contributed by atoms with Gasteiger partial charge in [0.15, 0.2) is 5.78 Å². The quantitative estimate of drug-likeness (QED) is 0.192. The van der Waals surface area contributed by atoms with Crippen molar-refractivity contribution < 1.29 is 55.2 Å². The second kappa shape index (κ2) is 9.64. The molecule has 12 heteroatoms. The summed E-state index contributed by atoms with van der Waals surface area (Å²) in [6, 6.07) is -1.88. The number of ether oxygens (including phenoxy) is 1. The molecule has 12 nitrogen and oxygen atoms in total. The molecule has 0 spiro atoms. The highest BCUT2D eigenvalue weighted by Gasteiger charge is 2.49. The topological polar surface area (TPSA) is 217 Å². The van der Waals surface area contributed by atoms with E-state index in [1.54, 1.807) is 0 Å². The summed E-state index contributed by atoms with van der Waals surface area (Å²) < 4.78 is 5.06. The van der Waals surface area contributed by atoms with Gasteiger partial charge in [-0.3, -0.25) is 9.59 Å². The van der Waals surface area contributed by atoms with Gasteiger partial charge in [0.05, 0.1) is 13.2 Å². The van der Waals surface area contributed by atoms with E-state index in [-0.39, 0.29) is 0 Å². The molecule has 0 aromatic heterocycles. The highest BCUT2D eigenvalue weighted by atomic mass is 16.5. The van der Waals surface area contributed by atoms with Gasteiger partial charge in [-0.05, 0) is 0 Å². The van der Waals surface area contributed by atoms with E-state index in [0.717, 1.165) is 6.92 Å². The standard InChI is InChI=1S/C14H25NO11/c1-4(18)15-7(10(22)8(20)5(19)2-16)11(23)14-13(25)12(24)9(21)6(3-17)26-14/h5-10,12-14,16-17,19-22,24-25H,2-3H2,1H3,(H,15,18)/t5-,6-,7-,8-,9+,10-,12+,13-,14?/m1/s1. The monoisotopic (exact) mass is 383 g/mol. The van der Waals surface area contributed by atoms with E-state index in [0.29, 0.717) is 0 Å². The minimum Gasteiger partial charge on any atom is -0.394 e. The van der Waals surface area contributed by atoms with E-state index < -0.39 is 79.8 Å². The van der Waals surface area contributed by atoms with Crippen LogP contribution in [0.1, 0.15) is 6.92 Å². The number of ketones is 1. The molecule has 1 rings (SSSR count). The highest BCUT2D eigenvalue weighted by molar-refractivity contribution is 5.92. The van der Waals surface area contributed by atoms with Crippen molar-refractivity contribution in [2.24, 2.45) is 0 Å². The normalized spacial score (nSPS) is 33.8. The van der Waals surface area contributed by atoms with E-state index in [1.165, 1.54) is 0 Å². The maximum Gasteiger partial charge on any atom is 0.217 e. The van der Waals surface area contributed by atoms with Crippen molar-refractivity contribution in [2.45, 2.75) is 61.8 Å². The van der Waals surface area contributed by atoms with Crippen LogP contribution in [0.2, 0.25) is 0 Å². The number of carbonyl (C=O) groups is 2. The molecule has 1 saturated heterocycles. The summed E-state index contributed by atoms with van der Waals surface area (Å²) in [5.74, 6) is -1.99. The number of hydrogen-bond donors (Lipinski definition) is 9. The number of amides is 1. The maximum absolute atomic E-state index is 12.6. The summed E-state index contributed by atoms with van der Waals surface area (Å²) in [5, 5.41) is 78.7. The van der Waals surface area contributed by atoms with E-state index >= 15 is 0 Å². The molecule has 0 saturated carbocycles. The molecular formula is C14H25NO11. The van der Waals surface area contributed by atoms with Gasteiger partial charge in [0.1, 0.15) is 54.9 Å². The lowest BCUT2D eigenvalue weighted by Crippen LogP contribution is -2.65. The average molecular weight is 383 g/mol. The van der Waals surface area contributed by atoms with Crippen molar-refractivity contribution in [3.8, 4) is 0 Å². The third-order valence-electron chi connectivity index (χ3n) is 4.11. The predicted molar refractivity (Wildman–Crippen MR) is 81.5 cm³/mol. The minimum atomic E-state index is -2.10. The van der Waals surface area contributed by atoms with Crippen LogP contribution in [0.15, 0.2) is 0 Å². The SMILES string of the molecule is CC(=O)N[C@@H](C(=O)C1O[C@H](CO)[C@H](O)[C@H](O)[C@H]1O)[C@@H](O)[C@H](O)[C@H](O)CO. The van der Waals surface area contributed by atoms with Gasteiger partial charge in [0, 0.05) is 6.92 Å². The summed E-state index contributed by atoms with van der Waals surface area (Å²) in [6.07, 6.45) is -14.8. The Hall–Kier alpha value is -1.22. The molecule has 1 fully saturated rings. The molecule has 1 aliphatic rings. The molecule has 0 aromatic carbocycles. The first-order valence-electron chi connectivity index (χ1n) is 7.83. The minimum absolute atomic E-state index is 0.798. The Morgan fingerprint density at radius 3 is 2.04 bits per heavy atom. The lowest BCUT2D eigenvalue weighted by molar-refractivity contribution is -0.228. The zero-order valence-electron chi connectivity index (χ0n) is 13.9. The van der Waals surface area contributed by atoms with Crippen molar-refractivity contribution >= 4 is 11.7 Å². The first kappa shape index (κ1) is 22.8. The lowest BCUT2D eigenvalue weighted by atomic mass is 9.88. The fourth-order valence-electron chi connectivity index (χ4n) is 2.59. The third-order valence-corrected chi connectivity index (χ3v) is 4.11. The molecule has 1 aliphatic heterocycles. The number of carbonyl (C=O) groups excluding carboxylic acids is 2. The molecule has 1 heterocycles. The molecule has 0 aliphatic carbocycles. The van der Waals surface area contributed by atoms with Gasteiger partial charge in [-0.25, -0.2) is 0 Å². The van der Waals surface area contributed by atoms with Crippen LogP contribution in [0, 0.1) is 0 Å². The van der Waals surface area contributed by atoms with E-state index in [2.05, 4.69) is 0 Å². The lowest BCUT2D eigenvalue weighted by Gasteiger charge is -2.41. The Bertz CT molecular complexity index is 488. The molecule has 1 unspecified atom stereocenters. The van der Waals surface area contributed by atoms with Crippen LogP contribution in [0.4, 0.5) is 0 Å². The van der Waals surface area contributed by atoms with Crippen LogP contribution in [0.3, 0.4) is 0 Å². The van der Waals surface area contributed by atoms with Crippen molar-refractivity contribution in [2.75, 3.05) is 13.2 Å². The van der Waals surface area contributed by atoms with Gasteiger partial charge in [0.25, 0.3) is 0 Å². The smallest absolute Gasteiger partial charge is 0.217 e. The van der Waals surface area contributed by atoms with Crippen molar-refractivity contribution in [1.29, 1.82) is 0 Å². The van der Waals surface area contributed by atoms with E-state index in [4.69, 9.17) is 14.9 Å². The van der Waals surface area contributed by atoms with Crippen LogP contribution in [0.5, 0.6) is 0 Å². The maximum atomic E-state index is 12.6. The zero-order valence-corrected chi connectivity index (χ0v) is 13.9. The molecule has 26 heavy (non-hydrogen) atoms. The van der Waals surface area contributed by atoms with Crippen LogP contribution >= 0.6 is 0 Å². The number of aliphatic hydroxyl groups is 8. The summed E-state index contributed by atoms with van der Waals surface area (Å²) in [4.78, 5) is 24.0. The van der Waals surface area contributed by atoms with Crippen LogP contribution in [-0.4, -0.2) is 121 Å². The molecule has 9 atom stereocenters. The van der Waals surface area contributed by atoms with Gasteiger partial charge >= 0.3 is 0 Å². The summed E-state index contributed by atoms with van der Waals surface area (Å²) in [6.45, 7) is -0.748. The molecule has 1 amide bonds. The van der Waals surface area contributed by atoms with E-state index in [1.807, 2.05) is 5.32 Å².